The molecule has 1 saturated heterocycles. The van der Waals surface area contributed by atoms with Gasteiger partial charge in [0.25, 0.3) is 0 Å². The van der Waals surface area contributed by atoms with Crippen LogP contribution in [0, 0.1) is 0 Å². The SMILES string of the molecule is OC[C@]1(N2CSc3cncnc32)OC[C@H](O)[C@@H]1O. The molecule has 0 bridgehead atoms. The Morgan fingerprint density at radius 3 is 3.06 bits per heavy atom. The maximum Gasteiger partial charge on any atom is 0.195 e. The summed E-state index contributed by atoms with van der Waals surface area (Å²) in [5.41, 5.74) is -1.33. The van der Waals surface area contributed by atoms with E-state index >= 15 is 0 Å². The predicted molar refractivity (Wildman–Crippen MR) is 63.0 cm³/mol. The van der Waals surface area contributed by atoms with Crippen LogP contribution in [-0.4, -0.2) is 62.3 Å². The van der Waals surface area contributed by atoms with Gasteiger partial charge in [-0.3, -0.25) is 0 Å². The van der Waals surface area contributed by atoms with Crippen molar-refractivity contribution in [1.82, 2.24) is 9.97 Å². The number of fused-ring (bicyclic) bond motifs is 1. The van der Waals surface area contributed by atoms with E-state index in [0.717, 1.165) is 4.90 Å². The van der Waals surface area contributed by atoms with Gasteiger partial charge in [0.1, 0.15) is 24.4 Å². The molecule has 8 heteroatoms. The number of nitrogens with zero attached hydrogens (tertiary/aromatic N) is 3. The molecule has 3 rings (SSSR count). The fourth-order valence-electron chi connectivity index (χ4n) is 2.27. The second kappa shape index (κ2) is 4.32. The summed E-state index contributed by atoms with van der Waals surface area (Å²) >= 11 is 1.50. The van der Waals surface area contributed by atoms with Crippen molar-refractivity contribution >= 4 is 17.6 Å². The standard InChI is InChI=1S/C10H13N3O4S/c14-3-10(8(16)6(15)2-17-10)13-5-18-7-1-11-4-12-9(7)13/h1,4,6,8,14-16H,2-3,5H2/t6-,8-,10-/m0/s1. The first-order valence-corrected chi connectivity index (χ1v) is 6.49. The Morgan fingerprint density at radius 1 is 1.56 bits per heavy atom. The molecule has 1 fully saturated rings. The zero-order valence-electron chi connectivity index (χ0n) is 9.43. The van der Waals surface area contributed by atoms with E-state index in [4.69, 9.17) is 4.74 Å². The summed E-state index contributed by atoms with van der Waals surface area (Å²) in [7, 11) is 0. The van der Waals surface area contributed by atoms with Gasteiger partial charge in [0, 0.05) is 6.20 Å². The van der Waals surface area contributed by atoms with Crippen LogP contribution in [0.2, 0.25) is 0 Å². The lowest BCUT2D eigenvalue weighted by molar-refractivity contribution is -0.0938. The highest BCUT2D eigenvalue weighted by atomic mass is 32.2. The molecule has 0 aliphatic carbocycles. The number of anilines is 1. The average Bonchev–Trinajstić information content (AvgIpc) is 2.95. The van der Waals surface area contributed by atoms with E-state index in [1.54, 1.807) is 11.1 Å². The van der Waals surface area contributed by atoms with E-state index in [2.05, 4.69) is 9.97 Å². The summed E-state index contributed by atoms with van der Waals surface area (Å²) in [5.74, 6) is 1.09. The lowest BCUT2D eigenvalue weighted by Crippen LogP contribution is -2.59. The van der Waals surface area contributed by atoms with Crippen molar-refractivity contribution in [3.05, 3.63) is 12.5 Å². The van der Waals surface area contributed by atoms with Crippen molar-refractivity contribution < 1.29 is 20.1 Å². The van der Waals surface area contributed by atoms with Gasteiger partial charge in [-0.2, -0.15) is 0 Å². The zero-order valence-corrected chi connectivity index (χ0v) is 10.2. The number of aromatic nitrogens is 2. The molecular weight excluding hydrogens is 258 g/mol. The van der Waals surface area contributed by atoms with Crippen molar-refractivity contribution in [3.8, 4) is 0 Å². The molecule has 3 N–H and O–H groups in total. The Balaban J connectivity index is 2.00. The Hall–Kier alpha value is -0.930. The Bertz CT molecular complexity index is 463. The van der Waals surface area contributed by atoms with Crippen molar-refractivity contribution in [1.29, 1.82) is 0 Å². The summed E-state index contributed by atoms with van der Waals surface area (Å²) in [4.78, 5) is 10.6. The molecule has 0 saturated carbocycles. The minimum absolute atomic E-state index is 0.0106. The molecule has 3 heterocycles. The Kier molecular flexibility index (Phi) is 2.91. The first-order chi connectivity index (χ1) is 8.69. The molecular formula is C10H13N3O4S. The number of ether oxygens (including phenoxy) is 1. The van der Waals surface area contributed by atoms with Crippen LogP contribution in [-0.2, 0) is 4.74 Å². The number of hydrogen-bond acceptors (Lipinski definition) is 8. The van der Waals surface area contributed by atoms with Gasteiger partial charge in [-0.15, -0.1) is 0 Å². The minimum atomic E-state index is -1.33. The van der Waals surface area contributed by atoms with Crippen LogP contribution < -0.4 is 4.90 Å². The van der Waals surface area contributed by atoms with E-state index in [0.29, 0.717) is 11.7 Å². The smallest absolute Gasteiger partial charge is 0.195 e. The summed E-state index contributed by atoms with van der Waals surface area (Å²) in [5, 5.41) is 29.3. The maximum absolute atomic E-state index is 10.1. The summed E-state index contributed by atoms with van der Waals surface area (Å²) in [6.45, 7) is -0.432. The van der Waals surface area contributed by atoms with Crippen LogP contribution in [0.1, 0.15) is 0 Å². The monoisotopic (exact) mass is 271 g/mol. The lowest BCUT2D eigenvalue weighted by Gasteiger charge is -2.39. The fraction of sp³-hybridized carbons (Fsp3) is 0.600. The zero-order chi connectivity index (χ0) is 12.8. The van der Waals surface area contributed by atoms with Crippen LogP contribution in [0.4, 0.5) is 5.82 Å². The third-order valence-corrected chi connectivity index (χ3v) is 4.26. The van der Waals surface area contributed by atoms with Gasteiger partial charge < -0.3 is 25.0 Å². The molecule has 98 valence electrons. The third kappa shape index (κ3) is 1.54. The summed E-state index contributed by atoms with van der Waals surface area (Å²) < 4.78 is 5.46. The van der Waals surface area contributed by atoms with E-state index < -0.39 is 24.5 Å². The van der Waals surface area contributed by atoms with Crippen molar-refractivity contribution in [2.24, 2.45) is 0 Å². The number of rotatable bonds is 2. The molecule has 1 aromatic heterocycles. The van der Waals surface area contributed by atoms with Crippen LogP contribution in [0.5, 0.6) is 0 Å². The number of aliphatic hydroxyl groups excluding tert-OH is 3. The van der Waals surface area contributed by atoms with Crippen molar-refractivity contribution in [3.63, 3.8) is 0 Å². The molecule has 0 spiro atoms. The normalized spacial score (nSPS) is 34.9. The molecule has 2 aliphatic rings. The fourth-order valence-corrected chi connectivity index (χ4v) is 3.30. The average molecular weight is 271 g/mol. The van der Waals surface area contributed by atoms with Gasteiger partial charge in [0.2, 0.25) is 0 Å². The summed E-state index contributed by atoms with van der Waals surface area (Å²) in [6, 6.07) is 0. The quantitative estimate of drug-likeness (QED) is 0.616. The van der Waals surface area contributed by atoms with Crippen LogP contribution in [0.15, 0.2) is 17.4 Å². The molecule has 0 unspecified atom stereocenters. The van der Waals surface area contributed by atoms with Crippen LogP contribution >= 0.6 is 11.8 Å². The van der Waals surface area contributed by atoms with Crippen LogP contribution in [0.25, 0.3) is 0 Å². The number of thioether (sulfide) groups is 1. The Labute approximate surface area is 107 Å². The largest absolute Gasteiger partial charge is 0.391 e. The van der Waals surface area contributed by atoms with Crippen molar-refractivity contribution in [2.45, 2.75) is 22.8 Å². The number of aliphatic hydroxyl groups is 3. The third-order valence-electron chi connectivity index (χ3n) is 3.28. The van der Waals surface area contributed by atoms with Crippen molar-refractivity contribution in [2.75, 3.05) is 24.0 Å². The van der Waals surface area contributed by atoms with E-state index in [1.807, 2.05) is 0 Å². The topological polar surface area (TPSA) is 98.9 Å². The van der Waals surface area contributed by atoms with Gasteiger partial charge in [0.05, 0.1) is 24.0 Å². The Morgan fingerprint density at radius 2 is 2.39 bits per heavy atom. The lowest BCUT2D eigenvalue weighted by atomic mass is 10.0. The molecule has 3 atom stereocenters. The molecule has 0 aromatic carbocycles. The minimum Gasteiger partial charge on any atom is -0.391 e. The first kappa shape index (κ1) is 12.1. The highest BCUT2D eigenvalue weighted by molar-refractivity contribution is 7.99. The van der Waals surface area contributed by atoms with E-state index in [1.165, 1.54) is 18.1 Å². The van der Waals surface area contributed by atoms with Gasteiger partial charge >= 0.3 is 0 Å². The van der Waals surface area contributed by atoms with E-state index in [9.17, 15) is 15.3 Å². The second-order valence-electron chi connectivity index (χ2n) is 4.24. The number of hydrogen-bond donors (Lipinski definition) is 3. The molecule has 7 nitrogen and oxygen atoms in total. The highest BCUT2D eigenvalue weighted by Crippen LogP contribution is 2.43. The predicted octanol–water partition coefficient (Wildman–Crippen LogP) is -1.21. The first-order valence-electron chi connectivity index (χ1n) is 5.50. The molecule has 18 heavy (non-hydrogen) atoms. The van der Waals surface area contributed by atoms with Gasteiger partial charge in [-0.05, 0) is 0 Å². The molecule has 0 amide bonds. The highest BCUT2D eigenvalue weighted by Gasteiger charge is 2.54. The molecule has 0 radical (unpaired) electrons. The van der Waals surface area contributed by atoms with Gasteiger partial charge in [-0.1, -0.05) is 11.8 Å². The van der Waals surface area contributed by atoms with Gasteiger partial charge in [-0.25, -0.2) is 9.97 Å². The maximum atomic E-state index is 10.1. The van der Waals surface area contributed by atoms with E-state index in [-0.39, 0.29) is 6.61 Å². The molecule has 1 aromatic rings. The second-order valence-corrected chi connectivity index (χ2v) is 5.22. The van der Waals surface area contributed by atoms with Gasteiger partial charge in [0.15, 0.2) is 5.72 Å². The molecule has 2 aliphatic heterocycles. The van der Waals surface area contributed by atoms with Crippen LogP contribution in [0.3, 0.4) is 0 Å². The summed E-state index contributed by atoms with van der Waals surface area (Å²) in [6.07, 6.45) is 0.896.